The van der Waals surface area contributed by atoms with Gasteiger partial charge < -0.3 is 10.4 Å². The van der Waals surface area contributed by atoms with Gasteiger partial charge in [-0.25, -0.2) is 8.42 Å². The van der Waals surface area contributed by atoms with Crippen LogP contribution in [-0.4, -0.2) is 48.0 Å². The highest BCUT2D eigenvalue weighted by molar-refractivity contribution is 7.90. The smallest absolute Gasteiger partial charge is 0.149 e. The fraction of sp³-hybridized carbons (Fsp3) is 0.812. The second-order valence-corrected chi connectivity index (χ2v) is 9.09. The van der Waals surface area contributed by atoms with Crippen LogP contribution in [0.25, 0.3) is 0 Å². The minimum Gasteiger partial charge on any atom is -0.393 e. The third-order valence-corrected chi connectivity index (χ3v) is 5.77. The molecule has 0 aliphatic heterocycles. The van der Waals surface area contributed by atoms with Crippen LogP contribution in [0, 0.1) is 19.8 Å². The zero-order chi connectivity index (χ0) is 17.2. The lowest BCUT2D eigenvalue weighted by atomic mass is 10.0. The molecule has 1 aliphatic carbocycles. The number of aryl methyl sites for hydroxylation is 2. The maximum absolute atomic E-state index is 11.3. The molecular weight excluding hydrogens is 314 g/mol. The van der Waals surface area contributed by atoms with Crippen LogP contribution in [0.4, 0.5) is 0 Å². The predicted octanol–water partition coefficient (Wildman–Crippen LogP) is 1.36. The molecule has 1 heterocycles. The van der Waals surface area contributed by atoms with Gasteiger partial charge in [0.25, 0.3) is 0 Å². The summed E-state index contributed by atoms with van der Waals surface area (Å²) in [5.74, 6) is 0.433. The molecule has 0 saturated heterocycles. The van der Waals surface area contributed by atoms with E-state index in [4.69, 9.17) is 0 Å². The van der Waals surface area contributed by atoms with Gasteiger partial charge in [-0.05, 0) is 39.5 Å². The first-order valence-corrected chi connectivity index (χ1v) is 10.4. The quantitative estimate of drug-likeness (QED) is 0.781. The largest absolute Gasteiger partial charge is 0.393 e. The van der Waals surface area contributed by atoms with Gasteiger partial charge in [-0.15, -0.1) is 0 Å². The first kappa shape index (κ1) is 18.4. The predicted molar refractivity (Wildman–Crippen MR) is 91.2 cm³/mol. The van der Waals surface area contributed by atoms with Crippen LogP contribution in [0.5, 0.6) is 0 Å². The van der Waals surface area contributed by atoms with Crippen molar-refractivity contribution in [1.82, 2.24) is 15.1 Å². The van der Waals surface area contributed by atoms with Gasteiger partial charge in [-0.1, -0.05) is 6.42 Å². The summed E-state index contributed by atoms with van der Waals surface area (Å²) in [5, 5.41) is 17.9. The van der Waals surface area contributed by atoms with E-state index in [1.807, 2.05) is 13.8 Å². The van der Waals surface area contributed by atoms with Crippen molar-refractivity contribution in [3.63, 3.8) is 0 Å². The van der Waals surface area contributed by atoms with Crippen molar-refractivity contribution in [2.24, 2.45) is 5.92 Å². The molecule has 2 rings (SSSR count). The first-order chi connectivity index (χ1) is 10.7. The van der Waals surface area contributed by atoms with E-state index in [0.29, 0.717) is 12.5 Å². The van der Waals surface area contributed by atoms with Crippen molar-refractivity contribution < 1.29 is 13.5 Å². The second kappa shape index (κ2) is 7.32. The van der Waals surface area contributed by atoms with Crippen LogP contribution >= 0.6 is 0 Å². The molecule has 1 fully saturated rings. The molecule has 6 nitrogen and oxygen atoms in total. The van der Waals surface area contributed by atoms with Crippen molar-refractivity contribution in [3.05, 3.63) is 17.0 Å². The Hall–Kier alpha value is -0.920. The van der Waals surface area contributed by atoms with E-state index in [2.05, 4.69) is 17.3 Å². The molecular formula is C16H29N3O3S. The molecule has 0 bridgehead atoms. The lowest BCUT2D eigenvalue weighted by Crippen LogP contribution is -2.30. The van der Waals surface area contributed by atoms with Crippen molar-refractivity contribution in [3.8, 4) is 0 Å². The van der Waals surface area contributed by atoms with Crippen molar-refractivity contribution >= 4 is 9.84 Å². The Labute approximate surface area is 139 Å². The highest BCUT2D eigenvalue weighted by atomic mass is 32.2. The number of rotatable bonds is 7. The standard InChI is InChI=1S/C16H29N3O3S/c1-11(17-10-14-6-5-7-15(14)20)16-12(2)18-19(13(16)3)8-9-23(4,21)22/h11,14-15,17,20H,5-10H2,1-4H3. The number of aromatic nitrogens is 2. The number of hydrogen-bond donors (Lipinski definition) is 2. The van der Waals surface area contributed by atoms with Crippen molar-refractivity contribution in [2.45, 2.75) is 58.7 Å². The minimum atomic E-state index is -2.99. The fourth-order valence-electron chi connectivity index (χ4n) is 3.49. The molecule has 1 aliphatic rings. The molecule has 1 aromatic heterocycles. The van der Waals surface area contributed by atoms with E-state index in [-0.39, 0.29) is 17.9 Å². The van der Waals surface area contributed by atoms with Gasteiger partial charge in [-0.2, -0.15) is 5.10 Å². The average molecular weight is 343 g/mol. The maximum Gasteiger partial charge on any atom is 0.149 e. The third kappa shape index (κ3) is 4.78. The zero-order valence-electron chi connectivity index (χ0n) is 14.5. The number of sulfone groups is 1. The normalized spacial score (nSPS) is 23.3. The highest BCUT2D eigenvalue weighted by Crippen LogP contribution is 2.27. The van der Waals surface area contributed by atoms with Crippen LogP contribution in [-0.2, 0) is 16.4 Å². The number of hydrogen-bond acceptors (Lipinski definition) is 5. The third-order valence-electron chi connectivity index (χ3n) is 4.85. The van der Waals surface area contributed by atoms with Gasteiger partial charge in [0.15, 0.2) is 0 Å². The van der Waals surface area contributed by atoms with Gasteiger partial charge >= 0.3 is 0 Å². The number of aliphatic hydroxyl groups excluding tert-OH is 1. The number of nitrogens with zero attached hydrogens (tertiary/aromatic N) is 2. The summed E-state index contributed by atoms with van der Waals surface area (Å²) in [4.78, 5) is 0. The van der Waals surface area contributed by atoms with Crippen molar-refractivity contribution in [1.29, 1.82) is 0 Å². The number of aliphatic hydroxyl groups is 1. The van der Waals surface area contributed by atoms with E-state index < -0.39 is 9.84 Å². The number of nitrogens with one attached hydrogen (secondary N) is 1. The average Bonchev–Trinajstić information content (AvgIpc) is 2.97. The Balaban J connectivity index is 2.02. The molecule has 0 radical (unpaired) electrons. The SMILES string of the molecule is Cc1nn(CCS(C)(=O)=O)c(C)c1C(C)NCC1CCCC1O. The summed E-state index contributed by atoms with van der Waals surface area (Å²) in [6, 6.07) is 0.134. The van der Waals surface area contributed by atoms with Gasteiger partial charge in [0.2, 0.25) is 0 Å². The zero-order valence-corrected chi connectivity index (χ0v) is 15.4. The molecule has 0 aromatic carbocycles. The Morgan fingerprint density at radius 2 is 2.09 bits per heavy atom. The molecule has 1 aromatic rings. The molecule has 132 valence electrons. The van der Waals surface area contributed by atoms with Crippen LogP contribution in [0.2, 0.25) is 0 Å². The Bertz CT molecular complexity index is 639. The van der Waals surface area contributed by atoms with E-state index in [0.717, 1.165) is 42.8 Å². The highest BCUT2D eigenvalue weighted by Gasteiger charge is 2.26. The Morgan fingerprint density at radius 1 is 1.39 bits per heavy atom. The minimum absolute atomic E-state index is 0.102. The summed E-state index contributed by atoms with van der Waals surface area (Å²) in [5.41, 5.74) is 3.08. The first-order valence-electron chi connectivity index (χ1n) is 8.32. The lowest BCUT2D eigenvalue weighted by Gasteiger charge is -2.20. The fourth-order valence-corrected chi connectivity index (χ4v) is 4.00. The summed E-state index contributed by atoms with van der Waals surface area (Å²) in [6.45, 7) is 7.23. The monoisotopic (exact) mass is 343 g/mol. The summed E-state index contributed by atoms with van der Waals surface area (Å²) in [6.07, 6.45) is 4.14. The second-order valence-electron chi connectivity index (χ2n) is 6.83. The Kier molecular flexibility index (Phi) is 5.86. The summed E-state index contributed by atoms with van der Waals surface area (Å²) >= 11 is 0. The van der Waals surface area contributed by atoms with Crippen LogP contribution in [0.15, 0.2) is 0 Å². The van der Waals surface area contributed by atoms with Crippen LogP contribution in [0.3, 0.4) is 0 Å². The van der Waals surface area contributed by atoms with E-state index in [1.165, 1.54) is 6.26 Å². The molecule has 2 N–H and O–H groups in total. The molecule has 23 heavy (non-hydrogen) atoms. The molecule has 1 saturated carbocycles. The summed E-state index contributed by atoms with van der Waals surface area (Å²) < 4.78 is 24.5. The van der Waals surface area contributed by atoms with Crippen LogP contribution in [0.1, 0.15) is 49.2 Å². The van der Waals surface area contributed by atoms with Gasteiger partial charge in [0.1, 0.15) is 9.84 Å². The molecule has 7 heteroatoms. The van der Waals surface area contributed by atoms with Crippen molar-refractivity contribution in [2.75, 3.05) is 18.6 Å². The molecule has 3 unspecified atom stereocenters. The van der Waals surface area contributed by atoms with Gasteiger partial charge in [0.05, 0.1) is 24.1 Å². The van der Waals surface area contributed by atoms with E-state index >= 15 is 0 Å². The van der Waals surface area contributed by atoms with Gasteiger partial charge in [-0.3, -0.25) is 4.68 Å². The van der Waals surface area contributed by atoms with Gasteiger partial charge in [0, 0.05) is 30.1 Å². The summed E-state index contributed by atoms with van der Waals surface area (Å²) in [7, 11) is -2.99. The Morgan fingerprint density at radius 3 is 2.65 bits per heavy atom. The molecule has 0 amide bonds. The topological polar surface area (TPSA) is 84.2 Å². The lowest BCUT2D eigenvalue weighted by molar-refractivity contribution is 0.130. The molecule has 3 atom stereocenters. The maximum atomic E-state index is 11.3. The van der Waals surface area contributed by atoms with Crippen LogP contribution < -0.4 is 5.32 Å². The molecule has 0 spiro atoms. The van der Waals surface area contributed by atoms with E-state index in [9.17, 15) is 13.5 Å². The van der Waals surface area contributed by atoms with E-state index in [1.54, 1.807) is 4.68 Å².